The second-order valence-corrected chi connectivity index (χ2v) is 4.90. The molecule has 0 bridgehead atoms. The lowest BCUT2D eigenvalue weighted by Gasteiger charge is -2.37. The summed E-state index contributed by atoms with van der Waals surface area (Å²) in [7, 11) is 0. The molecule has 0 radical (unpaired) electrons. The Balaban J connectivity index is 2.60. The van der Waals surface area contributed by atoms with Gasteiger partial charge in [0.05, 0.1) is 12.2 Å². The van der Waals surface area contributed by atoms with Gasteiger partial charge in [-0.2, -0.15) is 0 Å². The van der Waals surface area contributed by atoms with Gasteiger partial charge in [-0.05, 0) is 13.2 Å². The molecule has 15 heavy (non-hydrogen) atoms. The maximum atomic E-state index is 12.8. The Morgan fingerprint density at radius 1 is 1.47 bits per heavy atom. The summed E-state index contributed by atoms with van der Waals surface area (Å²) in [4.78, 5) is 0. The Morgan fingerprint density at radius 3 is 2.53 bits per heavy atom. The molecule has 0 saturated carbocycles. The van der Waals surface area contributed by atoms with E-state index < -0.39 is 30.7 Å². The molecule has 0 aromatic heterocycles. The van der Waals surface area contributed by atoms with Crippen LogP contribution < -0.4 is 0 Å². The molecule has 0 aliphatic carbocycles. The van der Waals surface area contributed by atoms with Crippen LogP contribution in [0.1, 0.15) is 19.8 Å². The first-order valence-corrected chi connectivity index (χ1v) is 6.04. The molecule has 1 fully saturated rings. The van der Waals surface area contributed by atoms with Crippen LogP contribution in [0.4, 0.5) is 8.78 Å². The van der Waals surface area contributed by atoms with Crippen LogP contribution in [-0.4, -0.2) is 46.1 Å². The molecule has 2 N–H and O–H groups in total. The van der Waals surface area contributed by atoms with Crippen molar-refractivity contribution in [3.63, 3.8) is 0 Å². The lowest BCUT2D eigenvalue weighted by molar-refractivity contribution is -0.168. The fourth-order valence-electron chi connectivity index (χ4n) is 1.59. The van der Waals surface area contributed by atoms with Crippen molar-refractivity contribution in [3.8, 4) is 0 Å². The Bertz CT molecular complexity index is 210. The molecule has 6 heteroatoms. The molecule has 90 valence electrons. The van der Waals surface area contributed by atoms with Crippen molar-refractivity contribution in [1.82, 2.24) is 0 Å². The lowest BCUT2D eigenvalue weighted by Crippen LogP contribution is -2.49. The van der Waals surface area contributed by atoms with E-state index in [1.54, 1.807) is 6.26 Å². The Kier molecular flexibility index (Phi) is 4.34. The molecule has 1 saturated heterocycles. The van der Waals surface area contributed by atoms with Crippen molar-refractivity contribution in [2.24, 2.45) is 0 Å². The van der Waals surface area contributed by atoms with Gasteiger partial charge in [0.1, 0.15) is 11.5 Å². The van der Waals surface area contributed by atoms with Crippen LogP contribution in [0.3, 0.4) is 0 Å². The smallest absolute Gasteiger partial charge is 0.248 e. The SMILES string of the molecule is CS[C@@H]1C[C@@H](O)[C@@H](O)[C@@H](CC(C)(F)F)O1. The Morgan fingerprint density at radius 2 is 2.07 bits per heavy atom. The van der Waals surface area contributed by atoms with E-state index in [0.29, 0.717) is 0 Å². The van der Waals surface area contributed by atoms with Crippen molar-refractivity contribution < 1.29 is 23.7 Å². The topological polar surface area (TPSA) is 49.7 Å². The first-order valence-electron chi connectivity index (χ1n) is 4.75. The standard InChI is InChI=1S/C9H16F2O3S/c1-9(10,11)4-6-8(13)5(12)3-7(14-6)15-2/h5-8,12-13H,3-4H2,1-2H3/t5-,6-,7-,8-/m1/s1. The van der Waals surface area contributed by atoms with Crippen molar-refractivity contribution in [2.75, 3.05) is 6.26 Å². The van der Waals surface area contributed by atoms with Gasteiger partial charge < -0.3 is 14.9 Å². The molecule has 1 aliphatic rings. The second kappa shape index (κ2) is 4.95. The van der Waals surface area contributed by atoms with Crippen molar-refractivity contribution in [1.29, 1.82) is 0 Å². The van der Waals surface area contributed by atoms with Crippen LogP contribution in [0, 0.1) is 0 Å². The third-order valence-electron chi connectivity index (χ3n) is 2.36. The van der Waals surface area contributed by atoms with Gasteiger partial charge >= 0.3 is 0 Å². The summed E-state index contributed by atoms with van der Waals surface area (Å²) in [6, 6.07) is 0. The summed E-state index contributed by atoms with van der Waals surface area (Å²) >= 11 is 1.34. The van der Waals surface area contributed by atoms with Crippen LogP contribution in [0.15, 0.2) is 0 Å². The molecule has 1 heterocycles. The number of thioether (sulfide) groups is 1. The third-order valence-corrected chi connectivity index (χ3v) is 3.19. The Hall–Kier alpha value is 0.0900. The molecule has 0 amide bonds. The largest absolute Gasteiger partial charge is 0.390 e. The Labute approximate surface area is 91.8 Å². The summed E-state index contributed by atoms with van der Waals surface area (Å²) in [5, 5.41) is 19.0. The number of aliphatic hydroxyl groups is 2. The van der Waals surface area contributed by atoms with E-state index in [4.69, 9.17) is 4.74 Å². The van der Waals surface area contributed by atoms with E-state index in [0.717, 1.165) is 6.92 Å². The second-order valence-electron chi connectivity index (χ2n) is 3.91. The van der Waals surface area contributed by atoms with Gasteiger partial charge in [0.15, 0.2) is 0 Å². The van der Waals surface area contributed by atoms with Gasteiger partial charge in [-0.25, -0.2) is 8.78 Å². The predicted molar refractivity (Wildman–Crippen MR) is 54.0 cm³/mol. The maximum Gasteiger partial charge on any atom is 0.248 e. The molecule has 1 rings (SSSR count). The number of halogens is 2. The quantitative estimate of drug-likeness (QED) is 0.781. The minimum absolute atomic E-state index is 0.272. The van der Waals surface area contributed by atoms with Crippen LogP contribution in [0.25, 0.3) is 0 Å². The number of ether oxygens (including phenoxy) is 1. The van der Waals surface area contributed by atoms with Crippen LogP contribution in [-0.2, 0) is 4.74 Å². The highest BCUT2D eigenvalue weighted by Crippen LogP contribution is 2.31. The maximum absolute atomic E-state index is 12.8. The number of hydrogen-bond acceptors (Lipinski definition) is 4. The van der Waals surface area contributed by atoms with Gasteiger partial charge in [-0.15, -0.1) is 11.8 Å². The third kappa shape index (κ3) is 3.86. The monoisotopic (exact) mass is 242 g/mol. The highest BCUT2D eigenvalue weighted by atomic mass is 32.2. The van der Waals surface area contributed by atoms with E-state index in [2.05, 4.69) is 0 Å². The number of hydrogen-bond donors (Lipinski definition) is 2. The van der Waals surface area contributed by atoms with E-state index in [9.17, 15) is 19.0 Å². The molecule has 0 unspecified atom stereocenters. The molecule has 0 spiro atoms. The van der Waals surface area contributed by atoms with Gasteiger partial charge in [0, 0.05) is 12.8 Å². The van der Waals surface area contributed by atoms with E-state index in [-0.39, 0.29) is 11.9 Å². The molecule has 3 nitrogen and oxygen atoms in total. The minimum Gasteiger partial charge on any atom is -0.390 e. The van der Waals surface area contributed by atoms with Crippen molar-refractivity contribution in [2.45, 2.75) is 49.4 Å². The summed E-state index contributed by atoms with van der Waals surface area (Å²) in [6.45, 7) is 0.776. The average molecular weight is 242 g/mol. The van der Waals surface area contributed by atoms with E-state index >= 15 is 0 Å². The normalized spacial score (nSPS) is 38.0. The highest BCUT2D eigenvalue weighted by Gasteiger charge is 2.40. The summed E-state index contributed by atoms with van der Waals surface area (Å²) in [5.74, 6) is -2.90. The molecular weight excluding hydrogens is 226 g/mol. The zero-order valence-electron chi connectivity index (χ0n) is 8.69. The number of aliphatic hydroxyl groups excluding tert-OH is 2. The first-order chi connectivity index (χ1) is 6.83. The van der Waals surface area contributed by atoms with E-state index in [1.165, 1.54) is 11.8 Å². The molecular formula is C9H16F2O3S. The van der Waals surface area contributed by atoms with Gasteiger partial charge in [0.25, 0.3) is 0 Å². The fraction of sp³-hybridized carbons (Fsp3) is 1.00. The van der Waals surface area contributed by atoms with Gasteiger partial charge in [-0.3, -0.25) is 0 Å². The van der Waals surface area contributed by atoms with Crippen LogP contribution in [0.2, 0.25) is 0 Å². The van der Waals surface area contributed by atoms with Crippen LogP contribution in [0.5, 0.6) is 0 Å². The van der Waals surface area contributed by atoms with Crippen LogP contribution >= 0.6 is 11.8 Å². The van der Waals surface area contributed by atoms with Crippen molar-refractivity contribution in [3.05, 3.63) is 0 Å². The molecule has 4 atom stereocenters. The zero-order chi connectivity index (χ0) is 11.6. The first kappa shape index (κ1) is 13.2. The number of rotatable bonds is 3. The summed E-state index contributed by atoms with van der Waals surface area (Å²) in [5.41, 5.74) is -0.323. The summed E-state index contributed by atoms with van der Waals surface area (Å²) in [6.07, 6.45) is -1.72. The minimum atomic E-state index is -2.90. The van der Waals surface area contributed by atoms with Crippen molar-refractivity contribution >= 4 is 11.8 Å². The summed E-state index contributed by atoms with van der Waals surface area (Å²) < 4.78 is 30.8. The number of alkyl halides is 2. The van der Waals surface area contributed by atoms with Gasteiger partial charge in [0.2, 0.25) is 5.92 Å². The zero-order valence-corrected chi connectivity index (χ0v) is 9.51. The fourth-order valence-corrected chi connectivity index (χ4v) is 2.23. The average Bonchev–Trinajstić information content (AvgIpc) is 2.10. The highest BCUT2D eigenvalue weighted by molar-refractivity contribution is 7.99. The van der Waals surface area contributed by atoms with E-state index in [1.807, 2.05) is 0 Å². The lowest BCUT2D eigenvalue weighted by atomic mass is 9.98. The molecule has 0 aromatic rings. The molecule has 1 aliphatic heterocycles. The van der Waals surface area contributed by atoms with Gasteiger partial charge in [-0.1, -0.05) is 0 Å². The molecule has 0 aromatic carbocycles. The predicted octanol–water partition coefficient (Wildman–Crippen LogP) is 1.23.